The number of halogens is 2. The van der Waals surface area contributed by atoms with Gasteiger partial charge in [0.05, 0.1) is 0 Å². The van der Waals surface area contributed by atoms with Gasteiger partial charge in [0.25, 0.3) is 0 Å². The highest BCUT2D eigenvalue weighted by Crippen LogP contribution is 2.32. The van der Waals surface area contributed by atoms with E-state index in [1.165, 1.54) is 6.07 Å². The fourth-order valence-corrected chi connectivity index (χ4v) is 2.05. The minimum absolute atomic E-state index is 0.251. The van der Waals surface area contributed by atoms with E-state index in [0.717, 1.165) is 23.1 Å². The molecule has 0 aliphatic carbocycles. The average Bonchev–Trinajstić information content (AvgIpc) is 2.90. The van der Waals surface area contributed by atoms with Crippen LogP contribution in [0.4, 0.5) is 8.78 Å². The van der Waals surface area contributed by atoms with E-state index in [4.69, 9.17) is 9.47 Å². The molecule has 0 spiro atoms. The Hall–Kier alpha value is -2.14. The van der Waals surface area contributed by atoms with E-state index in [0.29, 0.717) is 18.7 Å². The molecule has 0 unspecified atom stereocenters. The minimum Gasteiger partial charge on any atom is -0.454 e. The molecule has 2 aromatic rings. The van der Waals surface area contributed by atoms with Gasteiger partial charge in [-0.15, -0.1) is 0 Å². The first-order valence-corrected chi connectivity index (χ1v) is 6.25. The lowest BCUT2D eigenvalue weighted by molar-refractivity contribution is 0.174. The summed E-state index contributed by atoms with van der Waals surface area (Å²) in [5.74, 6) is -0.177. The third-order valence-electron chi connectivity index (χ3n) is 3.08. The Kier molecular flexibility index (Phi) is 3.52. The maximum Gasteiger partial charge on any atom is 0.231 e. The molecule has 3 nitrogen and oxygen atoms in total. The van der Waals surface area contributed by atoms with Crippen LogP contribution in [0, 0.1) is 11.6 Å². The molecule has 104 valence electrons. The number of ether oxygens (including phenoxy) is 2. The molecule has 0 bridgehead atoms. The monoisotopic (exact) mass is 277 g/mol. The van der Waals surface area contributed by atoms with E-state index in [-0.39, 0.29) is 6.79 Å². The lowest BCUT2D eigenvalue weighted by atomic mass is 10.2. The van der Waals surface area contributed by atoms with Gasteiger partial charge in [0.1, 0.15) is 0 Å². The minimum atomic E-state index is -0.829. The lowest BCUT2D eigenvalue weighted by Gasteiger charge is -2.06. The molecule has 0 radical (unpaired) electrons. The van der Waals surface area contributed by atoms with Crippen molar-refractivity contribution in [1.29, 1.82) is 0 Å². The Bertz CT molecular complexity index is 631. The van der Waals surface area contributed by atoms with Crippen molar-refractivity contribution >= 4 is 0 Å². The highest BCUT2D eigenvalue weighted by molar-refractivity contribution is 5.44. The first-order valence-electron chi connectivity index (χ1n) is 6.25. The van der Waals surface area contributed by atoms with Gasteiger partial charge < -0.3 is 14.8 Å². The number of fused-ring (bicyclic) bond motifs is 1. The molecule has 1 aliphatic heterocycles. The van der Waals surface area contributed by atoms with Gasteiger partial charge in [-0.1, -0.05) is 12.1 Å². The number of rotatable bonds is 4. The highest BCUT2D eigenvalue weighted by Gasteiger charge is 2.12. The van der Waals surface area contributed by atoms with Gasteiger partial charge >= 0.3 is 0 Å². The predicted molar refractivity (Wildman–Crippen MR) is 69.5 cm³/mol. The van der Waals surface area contributed by atoms with Crippen LogP contribution >= 0.6 is 0 Å². The lowest BCUT2D eigenvalue weighted by Crippen LogP contribution is -2.12. The van der Waals surface area contributed by atoms with Crippen LogP contribution in [0.1, 0.15) is 11.1 Å². The van der Waals surface area contributed by atoms with Crippen LogP contribution in [0.5, 0.6) is 11.5 Å². The highest BCUT2D eigenvalue weighted by atomic mass is 19.2. The summed E-state index contributed by atoms with van der Waals surface area (Å²) in [6, 6.07) is 9.59. The van der Waals surface area contributed by atoms with E-state index in [9.17, 15) is 8.78 Å². The molecule has 5 heteroatoms. The third kappa shape index (κ3) is 2.72. The molecule has 0 saturated heterocycles. The molecule has 1 aliphatic rings. The number of hydrogen-bond donors (Lipinski definition) is 1. The third-order valence-corrected chi connectivity index (χ3v) is 3.08. The van der Waals surface area contributed by atoms with Crippen molar-refractivity contribution in [2.75, 3.05) is 6.79 Å². The molecule has 0 fully saturated rings. The summed E-state index contributed by atoms with van der Waals surface area (Å²) >= 11 is 0. The summed E-state index contributed by atoms with van der Waals surface area (Å²) in [4.78, 5) is 0. The zero-order chi connectivity index (χ0) is 13.9. The van der Waals surface area contributed by atoms with Crippen LogP contribution in [0.3, 0.4) is 0 Å². The van der Waals surface area contributed by atoms with Crippen molar-refractivity contribution in [2.45, 2.75) is 13.1 Å². The maximum absolute atomic E-state index is 13.0. The van der Waals surface area contributed by atoms with Gasteiger partial charge in [-0.25, -0.2) is 8.78 Å². The standard InChI is InChI=1S/C15H13F2NO2/c16-12-3-1-10(5-13(12)17)7-18-8-11-2-4-14-15(6-11)20-9-19-14/h1-6,18H,7-9H2. The SMILES string of the molecule is Fc1ccc(CNCc2ccc3c(c2)OCO3)cc1F. The fourth-order valence-electron chi connectivity index (χ4n) is 2.05. The summed E-state index contributed by atoms with van der Waals surface area (Å²) < 4.78 is 36.4. The van der Waals surface area contributed by atoms with Crippen molar-refractivity contribution in [3.8, 4) is 11.5 Å². The first-order chi connectivity index (χ1) is 9.72. The van der Waals surface area contributed by atoms with Crippen LogP contribution in [-0.2, 0) is 13.1 Å². The fraction of sp³-hybridized carbons (Fsp3) is 0.200. The Morgan fingerprint density at radius 3 is 2.35 bits per heavy atom. The van der Waals surface area contributed by atoms with Crippen molar-refractivity contribution in [2.24, 2.45) is 0 Å². The zero-order valence-corrected chi connectivity index (χ0v) is 10.7. The number of hydrogen-bond acceptors (Lipinski definition) is 3. The van der Waals surface area contributed by atoms with E-state index in [1.807, 2.05) is 18.2 Å². The van der Waals surface area contributed by atoms with Gasteiger partial charge in [0.15, 0.2) is 23.1 Å². The van der Waals surface area contributed by atoms with Gasteiger partial charge in [0.2, 0.25) is 6.79 Å². The molecule has 20 heavy (non-hydrogen) atoms. The molecule has 3 rings (SSSR count). The van der Waals surface area contributed by atoms with E-state index in [1.54, 1.807) is 6.07 Å². The van der Waals surface area contributed by atoms with Crippen LogP contribution in [0.25, 0.3) is 0 Å². The normalized spacial score (nSPS) is 12.7. The number of nitrogens with one attached hydrogen (secondary N) is 1. The molecular weight excluding hydrogens is 264 g/mol. The average molecular weight is 277 g/mol. The van der Waals surface area contributed by atoms with Crippen molar-refractivity contribution in [3.63, 3.8) is 0 Å². The molecular formula is C15H13F2NO2. The van der Waals surface area contributed by atoms with Gasteiger partial charge in [-0.3, -0.25) is 0 Å². The maximum atomic E-state index is 13.0. The largest absolute Gasteiger partial charge is 0.454 e. The Morgan fingerprint density at radius 1 is 0.850 bits per heavy atom. The van der Waals surface area contributed by atoms with Crippen molar-refractivity contribution in [3.05, 3.63) is 59.2 Å². The molecule has 0 saturated carbocycles. The van der Waals surface area contributed by atoms with Gasteiger partial charge in [-0.05, 0) is 35.4 Å². The van der Waals surface area contributed by atoms with Gasteiger partial charge in [-0.2, -0.15) is 0 Å². The molecule has 0 aromatic heterocycles. The smallest absolute Gasteiger partial charge is 0.231 e. The van der Waals surface area contributed by atoms with Crippen LogP contribution in [0.15, 0.2) is 36.4 Å². The summed E-state index contributed by atoms with van der Waals surface area (Å²) in [5.41, 5.74) is 1.74. The Labute approximate surface area is 115 Å². The topological polar surface area (TPSA) is 30.5 Å². The van der Waals surface area contributed by atoms with Crippen molar-refractivity contribution < 1.29 is 18.3 Å². The van der Waals surface area contributed by atoms with E-state index < -0.39 is 11.6 Å². The Balaban J connectivity index is 1.58. The summed E-state index contributed by atoms with van der Waals surface area (Å²) in [6.07, 6.45) is 0. The quantitative estimate of drug-likeness (QED) is 0.932. The molecule has 0 amide bonds. The zero-order valence-electron chi connectivity index (χ0n) is 10.7. The van der Waals surface area contributed by atoms with E-state index >= 15 is 0 Å². The summed E-state index contributed by atoms with van der Waals surface area (Å²) in [5, 5.41) is 3.17. The van der Waals surface area contributed by atoms with Gasteiger partial charge in [0, 0.05) is 13.1 Å². The summed E-state index contributed by atoms with van der Waals surface area (Å²) in [7, 11) is 0. The second kappa shape index (κ2) is 5.46. The second-order valence-electron chi connectivity index (χ2n) is 4.54. The molecule has 1 heterocycles. The molecule has 0 atom stereocenters. The second-order valence-corrected chi connectivity index (χ2v) is 4.54. The molecule has 1 N–H and O–H groups in total. The van der Waals surface area contributed by atoms with Crippen molar-refractivity contribution in [1.82, 2.24) is 5.32 Å². The predicted octanol–water partition coefficient (Wildman–Crippen LogP) is 2.98. The van der Waals surface area contributed by atoms with Crippen LogP contribution in [-0.4, -0.2) is 6.79 Å². The first kappa shape index (κ1) is 12.9. The molecule has 2 aromatic carbocycles. The number of benzene rings is 2. The Morgan fingerprint density at radius 2 is 1.55 bits per heavy atom. The van der Waals surface area contributed by atoms with Crippen LogP contribution < -0.4 is 14.8 Å². The van der Waals surface area contributed by atoms with E-state index in [2.05, 4.69) is 5.32 Å². The van der Waals surface area contributed by atoms with Crippen LogP contribution in [0.2, 0.25) is 0 Å². The summed E-state index contributed by atoms with van der Waals surface area (Å²) in [6.45, 7) is 1.32.